The molecular formula is C24H24N2O3S. The number of benzene rings is 2. The molecule has 154 valence electrons. The lowest BCUT2D eigenvalue weighted by Crippen LogP contribution is -2.03. The second kappa shape index (κ2) is 9.10. The smallest absolute Gasteiger partial charge is 0.232 e. The summed E-state index contributed by atoms with van der Waals surface area (Å²) in [5.74, 6) is 0.318. The molecule has 0 unspecified atom stereocenters. The average molecular weight is 421 g/mol. The van der Waals surface area contributed by atoms with Gasteiger partial charge in [0, 0.05) is 17.4 Å². The molecule has 0 aliphatic rings. The van der Waals surface area contributed by atoms with E-state index in [2.05, 4.69) is 13.0 Å². The number of ether oxygens (including phenoxy) is 1. The molecule has 30 heavy (non-hydrogen) atoms. The van der Waals surface area contributed by atoms with Crippen LogP contribution in [-0.2, 0) is 9.84 Å². The van der Waals surface area contributed by atoms with E-state index in [0.29, 0.717) is 23.7 Å². The van der Waals surface area contributed by atoms with Crippen molar-refractivity contribution in [3.8, 4) is 34.3 Å². The number of pyridine rings is 1. The van der Waals surface area contributed by atoms with Gasteiger partial charge < -0.3 is 4.74 Å². The van der Waals surface area contributed by atoms with Gasteiger partial charge in [-0.15, -0.1) is 0 Å². The van der Waals surface area contributed by atoms with Crippen molar-refractivity contribution >= 4 is 9.84 Å². The molecule has 0 bridgehead atoms. The van der Waals surface area contributed by atoms with Crippen LogP contribution in [0.25, 0.3) is 22.4 Å². The first-order valence-electron chi connectivity index (χ1n) is 9.79. The van der Waals surface area contributed by atoms with Crippen LogP contribution in [0, 0.1) is 18.3 Å². The molecule has 0 atom stereocenters. The van der Waals surface area contributed by atoms with Crippen LogP contribution in [0.2, 0.25) is 0 Å². The summed E-state index contributed by atoms with van der Waals surface area (Å²) in [7, 11) is -3.29. The molecule has 0 saturated carbocycles. The van der Waals surface area contributed by atoms with E-state index in [0.717, 1.165) is 35.1 Å². The van der Waals surface area contributed by atoms with Crippen LogP contribution in [-0.4, -0.2) is 26.3 Å². The summed E-state index contributed by atoms with van der Waals surface area (Å²) in [5.41, 5.74) is 4.57. The van der Waals surface area contributed by atoms with Crippen molar-refractivity contribution in [1.29, 1.82) is 5.26 Å². The lowest BCUT2D eigenvalue weighted by Gasteiger charge is -2.14. The average Bonchev–Trinajstić information content (AvgIpc) is 2.73. The maximum Gasteiger partial charge on any atom is 0.232 e. The molecule has 5 nitrogen and oxygen atoms in total. The lowest BCUT2D eigenvalue weighted by atomic mass is 9.97. The van der Waals surface area contributed by atoms with Crippen LogP contribution < -0.4 is 4.74 Å². The SMILES string of the molecule is CCCCOc1nc(-c2cccc(C)c2)c(-c2ccc(S(C)(=O)=O)cc2)cc1C#N. The largest absolute Gasteiger partial charge is 0.477 e. The third-order valence-corrected chi connectivity index (χ3v) is 5.86. The van der Waals surface area contributed by atoms with Crippen molar-refractivity contribution in [2.75, 3.05) is 12.9 Å². The first-order valence-corrected chi connectivity index (χ1v) is 11.7. The van der Waals surface area contributed by atoms with Gasteiger partial charge in [-0.3, -0.25) is 0 Å². The Hall–Kier alpha value is -3.17. The zero-order valence-corrected chi connectivity index (χ0v) is 18.2. The minimum atomic E-state index is -3.29. The van der Waals surface area contributed by atoms with Crippen molar-refractivity contribution in [3.63, 3.8) is 0 Å². The third kappa shape index (κ3) is 4.87. The predicted molar refractivity (Wildman–Crippen MR) is 118 cm³/mol. The van der Waals surface area contributed by atoms with E-state index in [1.807, 2.05) is 31.2 Å². The molecule has 0 radical (unpaired) electrons. The van der Waals surface area contributed by atoms with Gasteiger partial charge in [-0.25, -0.2) is 13.4 Å². The van der Waals surface area contributed by atoms with Gasteiger partial charge in [-0.1, -0.05) is 49.2 Å². The fourth-order valence-corrected chi connectivity index (χ4v) is 3.74. The van der Waals surface area contributed by atoms with Gasteiger partial charge in [0.05, 0.1) is 17.2 Å². The van der Waals surface area contributed by atoms with E-state index >= 15 is 0 Å². The summed E-state index contributed by atoms with van der Waals surface area (Å²) in [6, 6.07) is 18.5. The highest BCUT2D eigenvalue weighted by Gasteiger charge is 2.17. The fourth-order valence-electron chi connectivity index (χ4n) is 3.11. The Labute approximate surface area is 177 Å². The number of aromatic nitrogens is 1. The molecule has 0 spiro atoms. The Morgan fingerprint density at radius 2 is 1.80 bits per heavy atom. The van der Waals surface area contributed by atoms with Gasteiger partial charge in [0.25, 0.3) is 0 Å². The highest BCUT2D eigenvalue weighted by Crippen LogP contribution is 2.35. The zero-order chi connectivity index (χ0) is 21.7. The Balaban J connectivity index is 2.18. The number of aryl methyl sites for hydroxylation is 1. The molecule has 0 fully saturated rings. The topological polar surface area (TPSA) is 80.0 Å². The molecule has 0 aliphatic carbocycles. The van der Waals surface area contributed by atoms with Gasteiger partial charge in [-0.2, -0.15) is 5.26 Å². The normalized spacial score (nSPS) is 11.1. The van der Waals surface area contributed by atoms with Crippen LogP contribution in [0.5, 0.6) is 5.88 Å². The fraction of sp³-hybridized carbons (Fsp3) is 0.250. The maximum atomic E-state index is 11.8. The first kappa shape index (κ1) is 21.5. The monoisotopic (exact) mass is 420 g/mol. The minimum Gasteiger partial charge on any atom is -0.477 e. The molecule has 6 heteroatoms. The quantitative estimate of drug-likeness (QED) is 0.492. The van der Waals surface area contributed by atoms with Gasteiger partial charge in [0.15, 0.2) is 9.84 Å². The number of nitrogens with zero attached hydrogens (tertiary/aromatic N) is 2. The summed E-state index contributed by atoms with van der Waals surface area (Å²) in [6.45, 7) is 4.57. The van der Waals surface area contributed by atoms with Crippen molar-refractivity contribution < 1.29 is 13.2 Å². The number of sulfone groups is 1. The molecule has 1 aromatic heterocycles. The van der Waals surface area contributed by atoms with Crippen LogP contribution >= 0.6 is 0 Å². The zero-order valence-electron chi connectivity index (χ0n) is 17.3. The van der Waals surface area contributed by atoms with E-state index in [1.165, 1.54) is 6.26 Å². The standard InChI is InChI=1S/C24H24N2O3S/c1-4-5-13-29-24-20(16-25)15-22(18-9-11-21(12-10-18)30(3,27)28)23(26-24)19-8-6-7-17(2)14-19/h6-12,14-15H,4-5,13H2,1-3H3. The van der Waals surface area contributed by atoms with Gasteiger partial charge in [0.1, 0.15) is 11.6 Å². The van der Waals surface area contributed by atoms with Crippen LogP contribution in [0.15, 0.2) is 59.5 Å². The Morgan fingerprint density at radius 1 is 1.07 bits per heavy atom. The second-order valence-corrected chi connectivity index (χ2v) is 9.23. The summed E-state index contributed by atoms with van der Waals surface area (Å²) in [5, 5.41) is 9.65. The molecule has 3 rings (SSSR count). The van der Waals surface area contributed by atoms with E-state index in [1.54, 1.807) is 30.3 Å². The van der Waals surface area contributed by atoms with Gasteiger partial charge in [0.2, 0.25) is 5.88 Å². The summed E-state index contributed by atoms with van der Waals surface area (Å²) < 4.78 is 29.4. The Bertz CT molecular complexity index is 1190. The van der Waals surface area contributed by atoms with Crippen LogP contribution in [0.4, 0.5) is 0 Å². The molecule has 0 amide bonds. The summed E-state index contributed by atoms with van der Waals surface area (Å²) >= 11 is 0. The molecule has 0 aliphatic heterocycles. The Kier molecular flexibility index (Phi) is 6.53. The maximum absolute atomic E-state index is 11.8. The number of rotatable bonds is 7. The molecule has 2 aromatic carbocycles. The predicted octanol–water partition coefficient (Wildman–Crippen LogP) is 5.18. The van der Waals surface area contributed by atoms with Crippen molar-refractivity contribution in [1.82, 2.24) is 4.98 Å². The third-order valence-electron chi connectivity index (χ3n) is 4.73. The van der Waals surface area contributed by atoms with Crippen LogP contribution in [0.1, 0.15) is 30.9 Å². The van der Waals surface area contributed by atoms with E-state index in [-0.39, 0.29) is 4.90 Å². The molecular weight excluding hydrogens is 396 g/mol. The molecule has 3 aromatic rings. The van der Waals surface area contributed by atoms with E-state index < -0.39 is 9.84 Å². The molecule has 1 heterocycles. The Morgan fingerprint density at radius 3 is 2.40 bits per heavy atom. The van der Waals surface area contributed by atoms with Crippen molar-refractivity contribution in [2.45, 2.75) is 31.6 Å². The molecule has 0 N–H and O–H groups in total. The van der Waals surface area contributed by atoms with Crippen molar-refractivity contribution in [2.24, 2.45) is 0 Å². The van der Waals surface area contributed by atoms with E-state index in [9.17, 15) is 13.7 Å². The minimum absolute atomic E-state index is 0.247. The number of hydrogen-bond donors (Lipinski definition) is 0. The van der Waals surface area contributed by atoms with Gasteiger partial charge >= 0.3 is 0 Å². The number of nitriles is 1. The van der Waals surface area contributed by atoms with Gasteiger partial charge in [-0.05, 0) is 43.2 Å². The van der Waals surface area contributed by atoms with E-state index in [4.69, 9.17) is 9.72 Å². The van der Waals surface area contributed by atoms with Crippen LogP contribution in [0.3, 0.4) is 0 Å². The number of unbranched alkanes of at least 4 members (excludes halogenated alkanes) is 1. The second-order valence-electron chi connectivity index (χ2n) is 7.22. The summed E-state index contributed by atoms with van der Waals surface area (Å²) in [4.78, 5) is 4.96. The summed E-state index contributed by atoms with van der Waals surface area (Å²) in [6.07, 6.45) is 3.04. The van der Waals surface area contributed by atoms with Crippen molar-refractivity contribution in [3.05, 3.63) is 65.7 Å². The molecule has 0 saturated heterocycles. The number of hydrogen-bond acceptors (Lipinski definition) is 5. The lowest BCUT2D eigenvalue weighted by molar-refractivity contribution is 0.297. The first-order chi connectivity index (χ1) is 14.3. The highest BCUT2D eigenvalue weighted by molar-refractivity contribution is 7.90. The highest BCUT2D eigenvalue weighted by atomic mass is 32.2.